The van der Waals surface area contributed by atoms with Gasteiger partial charge in [-0.25, -0.2) is 4.79 Å². The fourth-order valence-electron chi connectivity index (χ4n) is 1.18. The van der Waals surface area contributed by atoms with Gasteiger partial charge in [0.25, 0.3) is 0 Å². The van der Waals surface area contributed by atoms with Crippen LogP contribution in [0.1, 0.15) is 17.3 Å². The van der Waals surface area contributed by atoms with Gasteiger partial charge in [-0.1, -0.05) is 0 Å². The van der Waals surface area contributed by atoms with Crippen molar-refractivity contribution in [1.29, 1.82) is 0 Å². The number of ether oxygens (including phenoxy) is 2. The van der Waals surface area contributed by atoms with Crippen LogP contribution < -0.4 is 4.74 Å². The summed E-state index contributed by atoms with van der Waals surface area (Å²) < 4.78 is 10.1. The van der Waals surface area contributed by atoms with Gasteiger partial charge in [-0.05, 0) is 31.4 Å². The number of carbonyl (C=O) groups excluding carboxylic acids is 1. The molecule has 0 saturated heterocycles. The van der Waals surface area contributed by atoms with Crippen LogP contribution >= 0.6 is 11.8 Å². The quantitative estimate of drug-likeness (QED) is 0.584. The SMILES string of the molecule is CCOC(=O)c1ccc(SC)cc1OC. The van der Waals surface area contributed by atoms with Gasteiger partial charge in [0, 0.05) is 4.90 Å². The Morgan fingerprint density at radius 2 is 2.20 bits per heavy atom. The van der Waals surface area contributed by atoms with Gasteiger partial charge in [-0.2, -0.15) is 0 Å². The Bertz CT molecular complexity index is 350. The standard InChI is InChI=1S/C11H14O3S/c1-4-14-11(12)9-6-5-8(15-3)7-10(9)13-2/h5-7H,4H2,1-3H3. The lowest BCUT2D eigenvalue weighted by atomic mass is 10.2. The monoisotopic (exact) mass is 226 g/mol. The molecule has 0 unspecified atom stereocenters. The van der Waals surface area contributed by atoms with Crippen LogP contribution in [0.15, 0.2) is 23.1 Å². The van der Waals surface area contributed by atoms with E-state index in [4.69, 9.17) is 9.47 Å². The first-order chi connectivity index (χ1) is 7.22. The third-order valence-electron chi connectivity index (χ3n) is 1.90. The predicted molar refractivity (Wildman–Crippen MR) is 60.7 cm³/mol. The number of rotatable bonds is 4. The normalized spacial score (nSPS) is 9.80. The fraction of sp³-hybridized carbons (Fsp3) is 0.364. The summed E-state index contributed by atoms with van der Waals surface area (Å²) in [7, 11) is 1.54. The molecule has 0 amide bonds. The maximum absolute atomic E-state index is 11.5. The summed E-state index contributed by atoms with van der Waals surface area (Å²) in [4.78, 5) is 12.6. The molecule has 0 saturated carbocycles. The van der Waals surface area contributed by atoms with E-state index >= 15 is 0 Å². The first-order valence-electron chi connectivity index (χ1n) is 4.62. The van der Waals surface area contributed by atoms with Gasteiger partial charge in [0.2, 0.25) is 0 Å². The molecule has 4 heteroatoms. The second-order valence-electron chi connectivity index (χ2n) is 2.79. The maximum atomic E-state index is 11.5. The van der Waals surface area contributed by atoms with Gasteiger partial charge in [0.15, 0.2) is 0 Å². The van der Waals surface area contributed by atoms with Crippen molar-refractivity contribution < 1.29 is 14.3 Å². The maximum Gasteiger partial charge on any atom is 0.341 e. The average Bonchev–Trinajstić information content (AvgIpc) is 2.28. The van der Waals surface area contributed by atoms with Crippen molar-refractivity contribution in [3.8, 4) is 5.75 Å². The van der Waals surface area contributed by atoms with Crippen molar-refractivity contribution in [3.63, 3.8) is 0 Å². The van der Waals surface area contributed by atoms with Gasteiger partial charge in [-0.3, -0.25) is 0 Å². The van der Waals surface area contributed by atoms with Crippen LogP contribution in [0.3, 0.4) is 0 Å². The van der Waals surface area contributed by atoms with Crippen molar-refractivity contribution in [3.05, 3.63) is 23.8 Å². The third kappa shape index (κ3) is 2.89. The Morgan fingerprint density at radius 3 is 2.73 bits per heavy atom. The van der Waals surface area contributed by atoms with Crippen LogP contribution in [0.5, 0.6) is 5.75 Å². The highest BCUT2D eigenvalue weighted by atomic mass is 32.2. The molecule has 0 aliphatic rings. The van der Waals surface area contributed by atoms with E-state index in [0.717, 1.165) is 4.90 Å². The van der Waals surface area contributed by atoms with E-state index in [1.165, 1.54) is 0 Å². The molecule has 0 heterocycles. The van der Waals surface area contributed by atoms with Crippen LogP contribution in [0.25, 0.3) is 0 Å². The molecule has 1 rings (SSSR count). The van der Waals surface area contributed by atoms with E-state index < -0.39 is 0 Å². The van der Waals surface area contributed by atoms with E-state index in [1.807, 2.05) is 18.4 Å². The van der Waals surface area contributed by atoms with Crippen LogP contribution in [0.2, 0.25) is 0 Å². The zero-order valence-corrected chi connectivity index (χ0v) is 9.89. The van der Waals surface area contributed by atoms with Crippen molar-refractivity contribution >= 4 is 17.7 Å². The molecule has 0 atom stereocenters. The molecule has 82 valence electrons. The van der Waals surface area contributed by atoms with Crippen molar-refractivity contribution in [2.24, 2.45) is 0 Å². The summed E-state index contributed by atoms with van der Waals surface area (Å²) in [6.07, 6.45) is 1.97. The molecular formula is C11H14O3S. The molecule has 0 spiro atoms. The first kappa shape index (κ1) is 11.9. The Morgan fingerprint density at radius 1 is 1.47 bits per heavy atom. The zero-order valence-electron chi connectivity index (χ0n) is 9.07. The third-order valence-corrected chi connectivity index (χ3v) is 2.63. The van der Waals surface area contributed by atoms with E-state index in [1.54, 1.807) is 31.9 Å². The van der Waals surface area contributed by atoms with Crippen molar-refractivity contribution in [2.45, 2.75) is 11.8 Å². The smallest absolute Gasteiger partial charge is 0.341 e. The van der Waals surface area contributed by atoms with Crippen molar-refractivity contribution in [1.82, 2.24) is 0 Å². The number of hydrogen-bond acceptors (Lipinski definition) is 4. The van der Waals surface area contributed by atoms with E-state index in [2.05, 4.69) is 0 Å². The Balaban J connectivity index is 3.02. The predicted octanol–water partition coefficient (Wildman–Crippen LogP) is 2.59. The van der Waals surface area contributed by atoms with E-state index in [0.29, 0.717) is 17.9 Å². The molecule has 0 fully saturated rings. The molecule has 15 heavy (non-hydrogen) atoms. The number of carbonyl (C=O) groups is 1. The first-order valence-corrected chi connectivity index (χ1v) is 5.84. The minimum atomic E-state index is -0.345. The number of thioether (sulfide) groups is 1. The second kappa shape index (κ2) is 5.66. The highest BCUT2D eigenvalue weighted by Gasteiger charge is 2.13. The Hall–Kier alpha value is -1.16. The molecule has 0 aliphatic carbocycles. The lowest BCUT2D eigenvalue weighted by Crippen LogP contribution is -2.06. The largest absolute Gasteiger partial charge is 0.496 e. The molecule has 0 aromatic heterocycles. The van der Waals surface area contributed by atoms with Gasteiger partial charge in [0.05, 0.1) is 13.7 Å². The molecule has 0 radical (unpaired) electrons. The molecule has 1 aromatic rings. The molecule has 0 bridgehead atoms. The summed E-state index contributed by atoms with van der Waals surface area (Å²) in [6, 6.07) is 5.43. The molecule has 1 aromatic carbocycles. The summed E-state index contributed by atoms with van der Waals surface area (Å²) in [5.74, 6) is 0.210. The highest BCUT2D eigenvalue weighted by Crippen LogP contribution is 2.25. The van der Waals surface area contributed by atoms with Crippen molar-refractivity contribution in [2.75, 3.05) is 20.0 Å². The minimum Gasteiger partial charge on any atom is -0.496 e. The van der Waals surface area contributed by atoms with Crippen LogP contribution in [-0.2, 0) is 4.74 Å². The fourth-order valence-corrected chi connectivity index (χ4v) is 1.61. The lowest BCUT2D eigenvalue weighted by molar-refractivity contribution is 0.0522. The molecular weight excluding hydrogens is 212 g/mol. The van der Waals surface area contributed by atoms with Gasteiger partial charge in [0.1, 0.15) is 11.3 Å². The minimum absolute atomic E-state index is 0.345. The Labute approximate surface area is 93.8 Å². The average molecular weight is 226 g/mol. The van der Waals surface area contributed by atoms with Gasteiger partial charge >= 0.3 is 5.97 Å². The van der Waals surface area contributed by atoms with Crippen LogP contribution in [-0.4, -0.2) is 25.9 Å². The Kier molecular flexibility index (Phi) is 4.49. The molecule has 0 N–H and O–H groups in total. The van der Waals surface area contributed by atoms with Crippen LogP contribution in [0.4, 0.5) is 0 Å². The summed E-state index contributed by atoms with van der Waals surface area (Å²) >= 11 is 1.60. The van der Waals surface area contributed by atoms with Gasteiger partial charge in [-0.15, -0.1) is 11.8 Å². The summed E-state index contributed by atoms with van der Waals surface area (Å²) in [5.41, 5.74) is 0.470. The van der Waals surface area contributed by atoms with Gasteiger partial charge < -0.3 is 9.47 Å². The number of benzene rings is 1. The summed E-state index contributed by atoms with van der Waals surface area (Å²) in [5, 5.41) is 0. The number of hydrogen-bond donors (Lipinski definition) is 0. The van der Waals surface area contributed by atoms with E-state index in [-0.39, 0.29) is 5.97 Å². The zero-order chi connectivity index (χ0) is 11.3. The molecule has 0 aliphatic heterocycles. The van der Waals surface area contributed by atoms with E-state index in [9.17, 15) is 4.79 Å². The topological polar surface area (TPSA) is 35.5 Å². The molecule has 3 nitrogen and oxygen atoms in total. The number of methoxy groups -OCH3 is 1. The lowest BCUT2D eigenvalue weighted by Gasteiger charge is -2.08. The van der Waals surface area contributed by atoms with Crippen LogP contribution in [0, 0.1) is 0 Å². The number of esters is 1. The second-order valence-corrected chi connectivity index (χ2v) is 3.67. The summed E-state index contributed by atoms with van der Waals surface area (Å²) in [6.45, 7) is 2.15. The highest BCUT2D eigenvalue weighted by molar-refractivity contribution is 7.98.